The van der Waals surface area contributed by atoms with Gasteiger partial charge in [-0.05, 0) is 18.4 Å². The predicted molar refractivity (Wildman–Crippen MR) is 63.5 cm³/mol. The molecule has 0 aliphatic heterocycles. The van der Waals surface area contributed by atoms with Crippen LogP contribution in [0.25, 0.3) is 11.1 Å². The van der Waals surface area contributed by atoms with Crippen molar-refractivity contribution in [3.8, 4) is 11.1 Å². The monoisotopic (exact) mass is 211 g/mol. The number of nitrogens with one attached hydrogen (secondary N) is 1. The second-order valence-corrected chi connectivity index (χ2v) is 4.20. The Bertz CT molecular complexity index is 525. The summed E-state index contributed by atoms with van der Waals surface area (Å²) in [6, 6.07) is 10.1. The fourth-order valence-corrected chi connectivity index (χ4v) is 2.38. The molecule has 2 aromatic rings. The lowest BCUT2D eigenvalue weighted by atomic mass is 9.91. The van der Waals surface area contributed by atoms with Crippen LogP contribution in [-0.2, 0) is 6.42 Å². The number of aryl methyl sites for hydroxylation is 1. The maximum atomic E-state index is 11.9. The van der Waals surface area contributed by atoms with Crippen molar-refractivity contribution < 1.29 is 4.79 Å². The molecule has 1 heterocycles. The zero-order valence-corrected chi connectivity index (χ0v) is 8.99. The minimum atomic E-state index is 0.279. The summed E-state index contributed by atoms with van der Waals surface area (Å²) in [5.74, 6) is 0.279. The van der Waals surface area contributed by atoms with Crippen molar-refractivity contribution in [2.45, 2.75) is 19.3 Å². The number of carbonyl (C=O) groups excluding carboxylic acids is 1. The molecule has 1 aromatic heterocycles. The van der Waals surface area contributed by atoms with Gasteiger partial charge in [-0.2, -0.15) is 0 Å². The van der Waals surface area contributed by atoms with Gasteiger partial charge in [0.25, 0.3) is 0 Å². The van der Waals surface area contributed by atoms with Gasteiger partial charge in [0.15, 0.2) is 5.78 Å². The van der Waals surface area contributed by atoms with Gasteiger partial charge in [-0.1, -0.05) is 30.3 Å². The molecular formula is C14H13NO. The van der Waals surface area contributed by atoms with Crippen molar-refractivity contribution in [1.29, 1.82) is 0 Å². The van der Waals surface area contributed by atoms with E-state index in [4.69, 9.17) is 0 Å². The first-order valence-corrected chi connectivity index (χ1v) is 5.65. The van der Waals surface area contributed by atoms with E-state index in [1.807, 2.05) is 36.5 Å². The van der Waals surface area contributed by atoms with Gasteiger partial charge in [0, 0.05) is 29.4 Å². The summed E-state index contributed by atoms with van der Waals surface area (Å²) < 4.78 is 0. The molecular weight excluding hydrogens is 198 g/mol. The molecule has 3 rings (SSSR count). The Morgan fingerprint density at radius 3 is 2.69 bits per heavy atom. The molecule has 16 heavy (non-hydrogen) atoms. The fourth-order valence-electron chi connectivity index (χ4n) is 2.38. The number of hydrogen-bond acceptors (Lipinski definition) is 1. The minimum absolute atomic E-state index is 0.279. The highest BCUT2D eigenvalue weighted by Crippen LogP contribution is 2.31. The summed E-state index contributed by atoms with van der Waals surface area (Å²) in [6.45, 7) is 0. The van der Waals surface area contributed by atoms with Gasteiger partial charge in [0.05, 0.1) is 0 Å². The lowest BCUT2D eigenvalue weighted by Gasteiger charge is -2.11. The van der Waals surface area contributed by atoms with Crippen molar-refractivity contribution in [2.24, 2.45) is 0 Å². The predicted octanol–water partition coefficient (Wildman–Crippen LogP) is 3.20. The van der Waals surface area contributed by atoms with Crippen LogP contribution < -0.4 is 0 Å². The number of ketones is 1. The van der Waals surface area contributed by atoms with E-state index >= 15 is 0 Å². The van der Waals surface area contributed by atoms with E-state index in [1.54, 1.807) is 0 Å². The minimum Gasteiger partial charge on any atom is -0.364 e. The Labute approximate surface area is 94.3 Å². The highest BCUT2D eigenvalue weighted by Gasteiger charge is 2.22. The first kappa shape index (κ1) is 9.40. The standard InChI is InChI=1S/C14H13NO/c16-13-8-4-7-12-14(13)11(9-15-12)10-5-2-1-3-6-10/h1-3,5-6,9,15H,4,7-8H2. The maximum absolute atomic E-state index is 11.9. The summed E-state index contributed by atoms with van der Waals surface area (Å²) in [5, 5.41) is 0. The van der Waals surface area contributed by atoms with E-state index in [-0.39, 0.29) is 5.78 Å². The lowest BCUT2D eigenvalue weighted by molar-refractivity contribution is 0.0973. The molecule has 80 valence electrons. The molecule has 1 aromatic carbocycles. The second-order valence-electron chi connectivity index (χ2n) is 4.20. The average Bonchev–Trinajstić information content (AvgIpc) is 2.75. The van der Waals surface area contributed by atoms with Crippen LogP contribution in [0.2, 0.25) is 0 Å². The van der Waals surface area contributed by atoms with Crippen LogP contribution in [0.3, 0.4) is 0 Å². The maximum Gasteiger partial charge on any atom is 0.165 e. The van der Waals surface area contributed by atoms with Crippen LogP contribution in [0.4, 0.5) is 0 Å². The van der Waals surface area contributed by atoms with Crippen molar-refractivity contribution in [1.82, 2.24) is 4.98 Å². The van der Waals surface area contributed by atoms with Gasteiger partial charge in [0.2, 0.25) is 0 Å². The number of fused-ring (bicyclic) bond motifs is 1. The number of rotatable bonds is 1. The summed E-state index contributed by atoms with van der Waals surface area (Å²) in [4.78, 5) is 15.2. The molecule has 0 fully saturated rings. The summed E-state index contributed by atoms with van der Waals surface area (Å²) >= 11 is 0. The van der Waals surface area contributed by atoms with Crippen LogP contribution in [0, 0.1) is 0 Å². The van der Waals surface area contributed by atoms with E-state index in [2.05, 4.69) is 4.98 Å². The molecule has 1 aliphatic carbocycles. The number of benzene rings is 1. The Morgan fingerprint density at radius 1 is 1.06 bits per heavy atom. The van der Waals surface area contributed by atoms with Gasteiger partial charge in [-0.3, -0.25) is 4.79 Å². The summed E-state index contributed by atoms with van der Waals surface area (Å²) in [5.41, 5.74) is 4.20. The number of hydrogen-bond donors (Lipinski definition) is 1. The van der Waals surface area contributed by atoms with Gasteiger partial charge < -0.3 is 4.98 Å². The molecule has 0 bridgehead atoms. The van der Waals surface area contributed by atoms with E-state index in [9.17, 15) is 4.79 Å². The van der Waals surface area contributed by atoms with E-state index in [1.165, 1.54) is 0 Å². The Hall–Kier alpha value is -1.83. The fraction of sp³-hybridized carbons (Fsp3) is 0.214. The third-order valence-corrected chi connectivity index (χ3v) is 3.16. The van der Waals surface area contributed by atoms with Crippen molar-refractivity contribution in [3.63, 3.8) is 0 Å². The molecule has 0 radical (unpaired) electrons. The largest absolute Gasteiger partial charge is 0.364 e. The van der Waals surface area contributed by atoms with E-state index in [0.717, 1.165) is 35.2 Å². The second kappa shape index (κ2) is 3.63. The van der Waals surface area contributed by atoms with E-state index < -0.39 is 0 Å². The number of carbonyl (C=O) groups is 1. The van der Waals surface area contributed by atoms with Crippen molar-refractivity contribution in [3.05, 3.63) is 47.8 Å². The summed E-state index contributed by atoms with van der Waals surface area (Å²) in [6.07, 6.45) is 4.61. The lowest BCUT2D eigenvalue weighted by Crippen LogP contribution is -2.09. The summed E-state index contributed by atoms with van der Waals surface area (Å²) in [7, 11) is 0. The molecule has 0 spiro atoms. The van der Waals surface area contributed by atoms with Gasteiger partial charge in [-0.15, -0.1) is 0 Å². The van der Waals surface area contributed by atoms with E-state index in [0.29, 0.717) is 6.42 Å². The molecule has 2 nitrogen and oxygen atoms in total. The van der Waals surface area contributed by atoms with Crippen molar-refractivity contribution in [2.75, 3.05) is 0 Å². The normalized spacial score (nSPS) is 14.9. The highest BCUT2D eigenvalue weighted by atomic mass is 16.1. The Kier molecular flexibility index (Phi) is 2.13. The zero-order valence-electron chi connectivity index (χ0n) is 8.99. The Morgan fingerprint density at radius 2 is 1.88 bits per heavy atom. The van der Waals surface area contributed by atoms with Crippen LogP contribution in [-0.4, -0.2) is 10.8 Å². The quantitative estimate of drug-likeness (QED) is 0.772. The van der Waals surface area contributed by atoms with Gasteiger partial charge >= 0.3 is 0 Å². The molecule has 0 unspecified atom stereocenters. The van der Waals surface area contributed by atoms with Crippen LogP contribution in [0.15, 0.2) is 36.5 Å². The first-order valence-electron chi connectivity index (χ1n) is 5.65. The molecule has 1 aliphatic rings. The van der Waals surface area contributed by atoms with Crippen molar-refractivity contribution >= 4 is 5.78 Å². The van der Waals surface area contributed by atoms with Gasteiger partial charge in [0.1, 0.15) is 0 Å². The molecule has 0 amide bonds. The average molecular weight is 211 g/mol. The van der Waals surface area contributed by atoms with Crippen LogP contribution in [0.5, 0.6) is 0 Å². The third kappa shape index (κ3) is 1.38. The molecule has 1 N–H and O–H groups in total. The van der Waals surface area contributed by atoms with Crippen LogP contribution in [0.1, 0.15) is 28.9 Å². The molecule has 0 saturated heterocycles. The number of aromatic nitrogens is 1. The smallest absolute Gasteiger partial charge is 0.165 e. The molecule has 0 saturated carbocycles. The number of aromatic amines is 1. The SMILES string of the molecule is O=C1CCCc2[nH]cc(-c3ccccc3)c21. The zero-order chi connectivity index (χ0) is 11.0. The third-order valence-electron chi connectivity index (χ3n) is 3.16. The number of H-pyrrole nitrogens is 1. The molecule has 0 atom stereocenters. The highest BCUT2D eigenvalue weighted by molar-refractivity contribution is 6.04. The van der Waals surface area contributed by atoms with Crippen LogP contribution >= 0.6 is 0 Å². The number of Topliss-reactive ketones (excluding diaryl/α,β-unsaturated/α-hetero) is 1. The molecule has 2 heteroatoms. The topological polar surface area (TPSA) is 32.9 Å². The Balaban J connectivity index is 2.16. The van der Waals surface area contributed by atoms with Gasteiger partial charge in [-0.25, -0.2) is 0 Å². The first-order chi connectivity index (χ1) is 7.86.